The molecule has 0 spiro atoms. The largest absolute Gasteiger partial charge is 0.435 e. The molecule has 10 heavy (non-hydrogen) atoms. The average Bonchev–Trinajstić information content (AvgIpc) is 2.03. The highest BCUT2D eigenvalue weighted by Gasteiger charge is 2.15. The van der Waals surface area contributed by atoms with Crippen LogP contribution in [0.3, 0.4) is 0 Å². The summed E-state index contributed by atoms with van der Waals surface area (Å²) in [4.78, 5) is 0. The van der Waals surface area contributed by atoms with Gasteiger partial charge in [0.25, 0.3) is 0 Å². The van der Waals surface area contributed by atoms with Crippen LogP contribution in [-0.2, 0) is 13.6 Å². The second-order valence-electron chi connectivity index (χ2n) is 1.82. The fraction of sp³-hybridized carbons (Fsp3) is 0.667. The third-order valence-corrected chi connectivity index (χ3v) is 2.05. The van der Waals surface area contributed by atoms with E-state index in [1.54, 1.807) is 6.26 Å². The van der Waals surface area contributed by atoms with E-state index in [1.807, 2.05) is 13.0 Å². The molecule has 1 aliphatic heterocycles. The molecule has 0 atom stereocenters. The zero-order valence-electron chi connectivity index (χ0n) is 5.95. The van der Waals surface area contributed by atoms with Crippen LogP contribution >= 0.6 is 8.60 Å². The molecule has 0 amide bonds. The lowest BCUT2D eigenvalue weighted by molar-refractivity contribution is 0.138. The van der Waals surface area contributed by atoms with Crippen LogP contribution in [0.5, 0.6) is 0 Å². The maximum absolute atomic E-state index is 5.15. The summed E-state index contributed by atoms with van der Waals surface area (Å²) < 4.78 is 15.4. The minimum atomic E-state index is -1.06. The van der Waals surface area contributed by atoms with Crippen LogP contribution in [0.15, 0.2) is 12.3 Å². The van der Waals surface area contributed by atoms with Crippen molar-refractivity contribution in [3.05, 3.63) is 12.3 Å². The molecular weight excluding hydrogens is 151 g/mol. The standard InChI is InChI=1S/C6H11O3P/c1-2-4-7-10-8-5-3-6-9-10/h2,4H,3,5-6H2,1H3. The highest BCUT2D eigenvalue weighted by molar-refractivity contribution is 7.41. The number of rotatable bonds is 2. The van der Waals surface area contributed by atoms with Gasteiger partial charge in [-0.25, -0.2) is 0 Å². The third kappa shape index (κ3) is 2.65. The molecule has 58 valence electrons. The average molecular weight is 162 g/mol. The van der Waals surface area contributed by atoms with Gasteiger partial charge in [0.2, 0.25) is 0 Å². The predicted molar refractivity (Wildman–Crippen MR) is 39.3 cm³/mol. The summed E-state index contributed by atoms with van der Waals surface area (Å²) in [5.74, 6) is 0. The Bertz CT molecular complexity index is 110. The van der Waals surface area contributed by atoms with Gasteiger partial charge < -0.3 is 13.6 Å². The van der Waals surface area contributed by atoms with Crippen LogP contribution < -0.4 is 0 Å². The van der Waals surface area contributed by atoms with Crippen LogP contribution in [0.4, 0.5) is 0 Å². The minimum absolute atomic E-state index is 0.753. The van der Waals surface area contributed by atoms with Crippen LogP contribution in [0.2, 0.25) is 0 Å². The van der Waals surface area contributed by atoms with Crippen molar-refractivity contribution < 1.29 is 13.6 Å². The Kier molecular flexibility index (Phi) is 3.73. The maximum atomic E-state index is 5.15. The molecule has 1 saturated heterocycles. The Morgan fingerprint density at radius 2 is 2.10 bits per heavy atom. The van der Waals surface area contributed by atoms with Crippen LogP contribution in [0, 0.1) is 0 Å². The number of hydrogen-bond donors (Lipinski definition) is 0. The predicted octanol–water partition coefficient (Wildman–Crippen LogP) is 2.20. The third-order valence-electron chi connectivity index (χ3n) is 0.965. The first kappa shape index (κ1) is 7.99. The molecule has 4 heteroatoms. The van der Waals surface area contributed by atoms with Crippen LogP contribution in [0.1, 0.15) is 13.3 Å². The molecule has 0 saturated carbocycles. The Labute approximate surface area is 62.0 Å². The van der Waals surface area contributed by atoms with E-state index in [1.165, 1.54) is 0 Å². The Morgan fingerprint density at radius 3 is 2.70 bits per heavy atom. The smallest absolute Gasteiger partial charge is 0.396 e. The zero-order valence-corrected chi connectivity index (χ0v) is 6.84. The Balaban J connectivity index is 2.13. The first-order valence-electron chi connectivity index (χ1n) is 3.27. The van der Waals surface area contributed by atoms with Gasteiger partial charge in [-0.05, 0) is 13.3 Å². The van der Waals surface area contributed by atoms with Gasteiger partial charge in [-0.1, -0.05) is 6.08 Å². The van der Waals surface area contributed by atoms with Gasteiger partial charge in [-0.3, -0.25) is 0 Å². The molecule has 0 aromatic heterocycles. The molecular formula is C6H11O3P. The summed E-state index contributed by atoms with van der Waals surface area (Å²) >= 11 is 0. The molecule has 3 nitrogen and oxygen atoms in total. The quantitative estimate of drug-likeness (QED) is 0.460. The molecule has 0 aromatic rings. The summed E-state index contributed by atoms with van der Waals surface area (Å²) in [5, 5.41) is 0. The van der Waals surface area contributed by atoms with E-state index in [2.05, 4.69) is 0 Å². The lowest BCUT2D eigenvalue weighted by atomic mass is 10.5. The second kappa shape index (κ2) is 4.67. The minimum Gasteiger partial charge on any atom is -0.435 e. The monoisotopic (exact) mass is 162 g/mol. The Morgan fingerprint density at radius 1 is 1.40 bits per heavy atom. The Hall–Kier alpha value is -0.110. The van der Waals surface area contributed by atoms with E-state index in [0.717, 1.165) is 19.6 Å². The van der Waals surface area contributed by atoms with Crippen LogP contribution in [0.25, 0.3) is 0 Å². The molecule has 0 aromatic carbocycles. The number of hydrogen-bond acceptors (Lipinski definition) is 3. The van der Waals surface area contributed by atoms with Crippen molar-refractivity contribution >= 4 is 8.60 Å². The molecule has 0 aliphatic carbocycles. The van der Waals surface area contributed by atoms with Crippen molar-refractivity contribution in [3.8, 4) is 0 Å². The van der Waals surface area contributed by atoms with E-state index in [0.29, 0.717) is 0 Å². The van der Waals surface area contributed by atoms with E-state index in [9.17, 15) is 0 Å². The van der Waals surface area contributed by atoms with E-state index in [-0.39, 0.29) is 0 Å². The molecule has 0 unspecified atom stereocenters. The van der Waals surface area contributed by atoms with Gasteiger partial charge in [0.15, 0.2) is 0 Å². The molecule has 1 aliphatic rings. The maximum Gasteiger partial charge on any atom is 0.396 e. The summed E-state index contributed by atoms with van der Waals surface area (Å²) in [6.45, 7) is 3.39. The van der Waals surface area contributed by atoms with Gasteiger partial charge in [0.1, 0.15) is 0 Å². The van der Waals surface area contributed by atoms with Gasteiger partial charge in [0.05, 0.1) is 19.5 Å². The molecule has 0 bridgehead atoms. The van der Waals surface area contributed by atoms with Gasteiger partial charge in [0, 0.05) is 0 Å². The summed E-state index contributed by atoms with van der Waals surface area (Å²) in [6.07, 6.45) is 4.37. The van der Waals surface area contributed by atoms with E-state index >= 15 is 0 Å². The summed E-state index contributed by atoms with van der Waals surface area (Å²) in [6, 6.07) is 0. The van der Waals surface area contributed by atoms with Crippen molar-refractivity contribution in [2.75, 3.05) is 13.2 Å². The molecule has 0 radical (unpaired) electrons. The van der Waals surface area contributed by atoms with Crippen molar-refractivity contribution in [3.63, 3.8) is 0 Å². The fourth-order valence-corrected chi connectivity index (χ4v) is 1.52. The first-order chi connectivity index (χ1) is 4.93. The van der Waals surface area contributed by atoms with Gasteiger partial charge >= 0.3 is 8.60 Å². The molecule has 0 N–H and O–H groups in total. The van der Waals surface area contributed by atoms with E-state index in [4.69, 9.17) is 13.6 Å². The summed E-state index contributed by atoms with van der Waals surface area (Å²) in [7, 11) is -1.06. The molecule has 1 fully saturated rings. The van der Waals surface area contributed by atoms with Crippen molar-refractivity contribution in [2.45, 2.75) is 13.3 Å². The van der Waals surface area contributed by atoms with Crippen LogP contribution in [-0.4, -0.2) is 13.2 Å². The normalized spacial score (nSPS) is 21.7. The van der Waals surface area contributed by atoms with E-state index < -0.39 is 8.60 Å². The second-order valence-corrected chi connectivity index (χ2v) is 2.99. The lowest BCUT2D eigenvalue weighted by Crippen LogP contribution is -2.04. The van der Waals surface area contributed by atoms with Gasteiger partial charge in [-0.2, -0.15) is 0 Å². The summed E-state index contributed by atoms with van der Waals surface area (Å²) in [5.41, 5.74) is 0. The molecule has 1 rings (SSSR count). The molecule has 1 heterocycles. The van der Waals surface area contributed by atoms with Crippen molar-refractivity contribution in [1.82, 2.24) is 0 Å². The fourth-order valence-electron chi connectivity index (χ4n) is 0.546. The van der Waals surface area contributed by atoms with Crippen molar-refractivity contribution in [1.29, 1.82) is 0 Å². The van der Waals surface area contributed by atoms with Crippen molar-refractivity contribution in [2.24, 2.45) is 0 Å². The zero-order chi connectivity index (χ0) is 7.23. The highest BCUT2D eigenvalue weighted by Crippen LogP contribution is 2.42. The number of allylic oxidation sites excluding steroid dienone is 1. The first-order valence-corrected chi connectivity index (χ1v) is 4.37. The van der Waals surface area contributed by atoms with Gasteiger partial charge in [-0.15, -0.1) is 0 Å². The lowest BCUT2D eigenvalue weighted by Gasteiger charge is -2.18. The SMILES string of the molecule is CC=COP1OCCCO1. The highest BCUT2D eigenvalue weighted by atomic mass is 31.2. The topological polar surface area (TPSA) is 27.7 Å².